The summed E-state index contributed by atoms with van der Waals surface area (Å²) >= 11 is 0. The molecule has 0 aromatic rings. The second kappa shape index (κ2) is 47.5. The number of esters is 2. The maximum atomic E-state index is 12.7. The standard InChI is InChI=1S/C56H100NO8P/c1-6-8-10-12-14-16-18-20-21-22-23-24-25-26-27-28-29-30-31-32-33-34-35-37-39-41-43-45-47-49-56(59)65-54(53-64-66(60,61)63-51-50-57(3,4)5)52-62-55(58)48-46-44-42-40-38-36-19-17-15-13-11-9-7-2/h9,11,15,17-18,20,22-23,25-26,36,38,54H,6-8,10,12-14,16,19,21,24,27-35,37,39-53H2,1-5H3/b11-9-,17-15-,20-18-,23-22-,26-25-,38-36-. The normalized spacial score (nSPS) is 14.0. The highest BCUT2D eigenvalue weighted by Crippen LogP contribution is 2.38. The Bertz CT molecular complexity index is 1350. The topological polar surface area (TPSA) is 111 Å². The van der Waals surface area contributed by atoms with Crippen LogP contribution in [0.2, 0.25) is 0 Å². The Kier molecular flexibility index (Phi) is 45.7. The van der Waals surface area contributed by atoms with E-state index in [-0.39, 0.29) is 26.1 Å². The summed E-state index contributed by atoms with van der Waals surface area (Å²) in [5.41, 5.74) is 0. The molecule has 0 aliphatic rings. The summed E-state index contributed by atoms with van der Waals surface area (Å²) in [5, 5.41) is 0. The Morgan fingerprint density at radius 1 is 0.485 bits per heavy atom. The number of hydrogen-bond donors (Lipinski definition) is 0. The van der Waals surface area contributed by atoms with Gasteiger partial charge < -0.3 is 27.9 Å². The van der Waals surface area contributed by atoms with E-state index < -0.39 is 32.5 Å². The molecule has 0 amide bonds. The van der Waals surface area contributed by atoms with Crippen LogP contribution in [-0.2, 0) is 32.7 Å². The van der Waals surface area contributed by atoms with Crippen LogP contribution in [0.4, 0.5) is 0 Å². The Morgan fingerprint density at radius 2 is 0.864 bits per heavy atom. The first-order valence-corrected chi connectivity index (χ1v) is 28.1. The summed E-state index contributed by atoms with van der Waals surface area (Å²) in [7, 11) is 1.14. The maximum absolute atomic E-state index is 12.7. The van der Waals surface area contributed by atoms with E-state index >= 15 is 0 Å². The molecule has 10 heteroatoms. The van der Waals surface area contributed by atoms with Crippen molar-refractivity contribution in [3.63, 3.8) is 0 Å². The summed E-state index contributed by atoms with van der Waals surface area (Å²) in [6, 6.07) is 0. The fourth-order valence-corrected chi connectivity index (χ4v) is 7.82. The lowest BCUT2D eigenvalue weighted by Gasteiger charge is -2.28. The van der Waals surface area contributed by atoms with Gasteiger partial charge in [-0.15, -0.1) is 0 Å². The van der Waals surface area contributed by atoms with Gasteiger partial charge in [0.1, 0.15) is 19.8 Å². The molecule has 0 saturated carbocycles. The molecule has 0 radical (unpaired) electrons. The average molecular weight is 946 g/mol. The molecule has 9 nitrogen and oxygen atoms in total. The quantitative estimate of drug-likeness (QED) is 0.0195. The second-order valence-electron chi connectivity index (χ2n) is 18.9. The van der Waals surface area contributed by atoms with Gasteiger partial charge in [-0.2, -0.15) is 0 Å². The molecule has 382 valence electrons. The minimum Gasteiger partial charge on any atom is -0.756 e. The van der Waals surface area contributed by atoms with Gasteiger partial charge in [-0.05, 0) is 83.5 Å². The van der Waals surface area contributed by atoms with Gasteiger partial charge in [0.05, 0.1) is 27.7 Å². The monoisotopic (exact) mass is 946 g/mol. The molecule has 66 heavy (non-hydrogen) atoms. The van der Waals surface area contributed by atoms with E-state index in [1.165, 1.54) is 109 Å². The lowest BCUT2D eigenvalue weighted by molar-refractivity contribution is -0.870. The molecule has 0 saturated heterocycles. The predicted octanol–water partition coefficient (Wildman–Crippen LogP) is 15.5. The highest BCUT2D eigenvalue weighted by Gasteiger charge is 2.21. The van der Waals surface area contributed by atoms with Crippen molar-refractivity contribution >= 4 is 19.8 Å². The molecule has 0 aliphatic carbocycles. The van der Waals surface area contributed by atoms with Crippen molar-refractivity contribution in [2.75, 3.05) is 47.5 Å². The van der Waals surface area contributed by atoms with Gasteiger partial charge in [-0.25, -0.2) is 0 Å². The largest absolute Gasteiger partial charge is 0.756 e. The third kappa shape index (κ3) is 50.9. The SMILES string of the molecule is CC/C=C\C/C=C\C/C=C\CCCCCC(=O)OCC(COP(=O)([O-])OCC[N+](C)(C)C)OC(=O)CCCCCCCCCCCCCCCC/C=C\C/C=C\C/C=C\CCCCCCC. The number of ether oxygens (including phenoxy) is 2. The van der Waals surface area contributed by atoms with Gasteiger partial charge in [0.2, 0.25) is 0 Å². The lowest BCUT2D eigenvalue weighted by Crippen LogP contribution is -2.37. The number of carbonyl (C=O) groups excluding carboxylic acids is 2. The molecule has 0 bridgehead atoms. The highest BCUT2D eigenvalue weighted by molar-refractivity contribution is 7.45. The zero-order valence-electron chi connectivity index (χ0n) is 43.1. The summed E-state index contributed by atoms with van der Waals surface area (Å²) in [4.78, 5) is 37.7. The highest BCUT2D eigenvalue weighted by atomic mass is 31.2. The number of likely N-dealkylation sites (N-methyl/N-ethyl adjacent to an activating group) is 1. The predicted molar refractivity (Wildman–Crippen MR) is 277 cm³/mol. The zero-order chi connectivity index (χ0) is 48.5. The number of carbonyl (C=O) groups is 2. The number of quaternary nitrogens is 1. The Labute approximate surface area is 406 Å². The molecule has 0 spiro atoms. The van der Waals surface area contributed by atoms with Crippen LogP contribution in [0.15, 0.2) is 72.9 Å². The van der Waals surface area contributed by atoms with E-state index in [0.29, 0.717) is 23.9 Å². The van der Waals surface area contributed by atoms with Crippen molar-refractivity contribution in [3.05, 3.63) is 72.9 Å². The summed E-state index contributed by atoms with van der Waals surface area (Å²) in [5.74, 6) is -0.870. The molecule has 2 atom stereocenters. The van der Waals surface area contributed by atoms with Crippen molar-refractivity contribution in [2.45, 2.75) is 225 Å². The fraction of sp³-hybridized carbons (Fsp3) is 0.750. The third-order valence-electron chi connectivity index (χ3n) is 11.2. The Morgan fingerprint density at radius 3 is 1.30 bits per heavy atom. The van der Waals surface area contributed by atoms with Crippen LogP contribution in [-0.4, -0.2) is 70.0 Å². The summed E-state index contributed by atoms with van der Waals surface area (Å²) < 4.78 is 34.0. The summed E-state index contributed by atoms with van der Waals surface area (Å²) in [6.45, 7) is 4.07. The minimum atomic E-state index is -4.64. The van der Waals surface area contributed by atoms with Gasteiger partial charge in [0, 0.05) is 12.8 Å². The third-order valence-corrected chi connectivity index (χ3v) is 12.2. The number of hydrogen-bond acceptors (Lipinski definition) is 8. The van der Waals surface area contributed by atoms with Crippen LogP contribution in [0.3, 0.4) is 0 Å². The molecule has 0 aliphatic heterocycles. The van der Waals surface area contributed by atoms with Crippen LogP contribution in [0.25, 0.3) is 0 Å². The first-order valence-electron chi connectivity index (χ1n) is 26.6. The van der Waals surface area contributed by atoms with E-state index in [1.807, 2.05) is 21.1 Å². The van der Waals surface area contributed by atoms with E-state index in [4.69, 9.17) is 18.5 Å². The number of unbranched alkanes of at least 4 members (excludes halogenated alkanes) is 22. The van der Waals surface area contributed by atoms with Crippen molar-refractivity contribution < 1.29 is 42.1 Å². The van der Waals surface area contributed by atoms with Crippen LogP contribution in [0.1, 0.15) is 219 Å². The van der Waals surface area contributed by atoms with Crippen molar-refractivity contribution in [1.29, 1.82) is 0 Å². The van der Waals surface area contributed by atoms with Crippen LogP contribution in [0.5, 0.6) is 0 Å². The number of rotatable bonds is 48. The van der Waals surface area contributed by atoms with E-state index in [1.54, 1.807) is 0 Å². The number of allylic oxidation sites excluding steroid dienone is 12. The van der Waals surface area contributed by atoms with Crippen molar-refractivity contribution in [3.8, 4) is 0 Å². The molecule has 0 fully saturated rings. The minimum absolute atomic E-state index is 0.0383. The Hall–Kier alpha value is -2.55. The molecule has 2 unspecified atom stereocenters. The van der Waals surface area contributed by atoms with Gasteiger partial charge >= 0.3 is 11.9 Å². The number of nitrogens with zero attached hydrogens (tertiary/aromatic N) is 1. The second-order valence-corrected chi connectivity index (χ2v) is 20.3. The number of phosphoric acid groups is 1. The summed E-state index contributed by atoms with van der Waals surface area (Å²) in [6.07, 6.45) is 61.0. The van der Waals surface area contributed by atoms with Gasteiger partial charge in [0.25, 0.3) is 7.82 Å². The molecule has 0 rings (SSSR count). The maximum Gasteiger partial charge on any atom is 0.306 e. The van der Waals surface area contributed by atoms with E-state index in [2.05, 4.69) is 86.8 Å². The first-order chi connectivity index (χ1) is 32.0. The van der Waals surface area contributed by atoms with Gasteiger partial charge in [0.15, 0.2) is 6.10 Å². The van der Waals surface area contributed by atoms with Crippen LogP contribution in [0, 0.1) is 0 Å². The zero-order valence-corrected chi connectivity index (χ0v) is 44.0. The van der Waals surface area contributed by atoms with Gasteiger partial charge in [-0.3, -0.25) is 14.2 Å². The molecule has 0 aromatic heterocycles. The Balaban J connectivity index is 4.14. The van der Waals surface area contributed by atoms with Crippen LogP contribution >= 0.6 is 7.82 Å². The van der Waals surface area contributed by atoms with Crippen molar-refractivity contribution in [2.24, 2.45) is 0 Å². The molecular formula is C56H100NO8P. The molecule has 0 N–H and O–H groups in total. The van der Waals surface area contributed by atoms with E-state index in [0.717, 1.165) is 70.6 Å². The van der Waals surface area contributed by atoms with Crippen molar-refractivity contribution in [1.82, 2.24) is 0 Å². The molecular weight excluding hydrogens is 846 g/mol. The van der Waals surface area contributed by atoms with Crippen LogP contribution < -0.4 is 4.89 Å². The first kappa shape index (κ1) is 63.5. The smallest absolute Gasteiger partial charge is 0.306 e. The average Bonchev–Trinajstić information content (AvgIpc) is 3.27. The van der Waals surface area contributed by atoms with E-state index in [9.17, 15) is 19.0 Å². The molecule has 0 heterocycles. The fourth-order valence-electron chi connectivity index (χ4n) is 7.09. The molecule has 0 aromatic carbocycles. The van der Waals surface area contributed by atoms with Gasteiger partial charge in [-0.1, -0.05) is 196 Å². The number of phosphoric ester groups is 1. The lowest BCUT2D eigenvalue weighted by atomic mass is 10.0.